The first-order valence-electron chi connectivity index (χ1n) is 16.8. The van der Waals surface area contributed by atoms with Crippen LogP contribution in [-0.2, 0) is 43.0 Å². The fourth-order valence-electron chi connectivity index (χ4n) is 4.32. The van der Waals surface area contributed by atoms with Crippen LogP contribution in [0.5, 0.6) is 0 Å². The van der Waals surface area contributed by atoms with Crippen molar-refractivity contribution >= 4 is 35.6 Å². The van der Waals surface area contributed by atoms with Gasteiger partial charge in [-0.15, -0.1) is 0 Å². The second kappa shape index (κ2) is 24.1. The van der Waals surface area contributed by atoms with Gasteiger partial charge in [0.1, 0.15) is 18.1 Å². The Balaban J connectivity index is 2.85. The van der Waals surface area contributed by atoms with E-state index in [-0.39, 0.29) is 90.8 Å². The summed E-state index contributed by atoms with van der Waals surface area (Å²) in [6, 6.07) is -3.14. The SMILES string of the molecule is C/C1=C/CC(=O)N(O)CCC(N)C(=O)OCC/C(C)=C\C(=O)N(O)CCCC(N)C(=O)OCC/C(C)=C/C(=O)N(O)CCCC(N)C(=O)OCC1. The zero-order valence-electron chi connectivity index (χ0n) is 29.7. The number of hydroxylamine groups is 6. The lowest BCUT2D eigenvalue weighted by molar-refractivity contribution is -0.165. The highest BCUT2D eigenvalue weighted by molar-refractivity contribution is 5.87. The smallest absolute Gasteiger partial charge is 0.322 e. The minimum atomic E-state index is -1.13. The number of carbonyl (C=O) groups excluding carboxylic acids is 6. The summed E-state index contributed by atoms with van der Waals surface area (Å²) in [5, 5.41) is 31.6. The molecule has 18 nitrogen and oxygen atoms in total. The van der Waals surface area contributed by atoms with Crippen LogP contribution in [-0.4, -0.2) is 124 Å². The summed E-state index contributed by atoms with van der Waals surface area (Å²) in [4.78, 5) is 73.7. The first-order valence-corrected chi connectivity index (χ1v) is 16.8. The normalized spacial score (nSPS) is 27.6. The van der Waals surface area contributed by atoms with Crippen LogP contribution in [0.15, 0.2) is 34.9 Å². The molecule has 0 aliphatic carbocycles. The molecular formula is C33H54N6O12. The minimum absolute atomic E-state index is 0.00963. The molecule has 0 radical (unpaired) electrons. The maximum absolute atomic E-state index is 12.3. The highest BCUT2D eigenvalue weighted by Crippen LogP contribution is 2.09. The van der Waals surface area contributed by atoms with E-state index in [0.717, 1.165) is 0 Å². The Labute approximate surface area is 297 Å². The van der Waals surface area contributed by atoms with Gasteiger partial charge in [-0.2, -0.15) is 0 Å². The number of carbonyl (C=O) groups is 6. The van der Waals surface area contributed by atoms with Crippen molar-refractivity contribution in [2.24, 2.45) is 17.2 Å². The molecule has 9 N–H and O–H groups in total. The lowest BCUT2D eigenvalue weighted by atomic mass is 10.1. The van der Waals surface area contributed by atoms with E-state index in [1.165, 1.54) is 12.2 Å². The van der Waals surface area contributed by atoms with Gasteiger partial charge in [-0.05, 0) is 52.9 Å². The number of esters is 3. The number of hydrogen-bond donors (Lipinski definition) is 6. The van der Waals surface area contributed by atoms with Crippen LogP contribution in [0.4, 0.5) is 0 Å². The standard InChI is InChI=1S/C33H54N6O12/c1-22-8-9-28(40)39(48)16-10-27(36)33(45)51-19-13-24(3)21-30(42)38(47)15-5-7-26(35)32(44)50-18-12-23(2)20-29(41)37(46)14-4-6-25(34)31(43)49-17-11-22/h8,20-21,25-27,46-48H,4-7,9-19,34-36H2,1-3H3/b22-8-,23-20+,24-21-. The molecular weight excluding hydrogens is 672 g/mol. The second-order valence-corrected chi connectivity index (χ2v) is 12.3. The third kappa shape index (κ3) is 19.1. The van der Waals surface area contributed by atoms with E-state index in [0.29, 0.717) is 38.3 Å². The van der Waals surface area contributed by atoms with Crippen LogP contribution in [0.3, 0.4) is 0 Å². The molecule has 51 heavy (non-hydrogen) atoms. The molecule has 3 atom stereocenters. The van der Waals surface area contributed by atoms with Gasteiger partial charge in [-0.25, -0.2) is 15.2 Å². The third-order valence-corrected chi connectivity index (χ3v) is 7.71. The van der Waals surface area contributed by atoms with Gasteiger partial charge >= 0.3 is 17.9 Å². The molecule has 0 bridgehead atoms. The van der Waals surface area contributed by atoms with Crippen molar-refractivity contribution in [3.8, 4) is 0 Å². The summed E-state index contributed by atoms with van der Waals surface area (Å²) in [6.07, 6.45) is 4.94. The van der Waals surface area contributed by atoms with Crippen molar-refractivity contribution in [3.63, 3.8) is 0 Å². The molecule has 3 unspecified atom stereocenters. The summed E-state index contributed by atoms with van der Waals surface area (Å²) in [7, 11) is 0. The number of hydrogen-bond acceptors (Lipinski definition) is 15. The van der Waals surface area contributed by atoms with E-state index in [2.05, 4.69) is 0 Å². The van der Waals surface area contributed by atoms with E-state index < -0.39 is 53.8 Å². The Bertz CT molecular complexity index is 1290. The predicted molar refractivity (Wildman–Crippen MR) is 180 cm³/mol. The van der Waals surface area contributed by atoms with Crippen molar-refractivity contribution in [3.05, 3.63) is 34.9 Å². The fourth-order valence-corrected chi connectivity index (χ4v) is 4.32. The molecule has 0 aromatic carbocycles. The van der Waals surface area contributed by atoms with Gasteiger partial charge in [0, 0.05) is 50.9 Å². The van der Waals surface area contributed by atoms with Gasteiger partial charge in [-0.3, -0.25) is 44.4 Å². The highest BCUT2D eigenvalue weighted by Gasteiger charge is 2.20. The first kappa shape index (κ1) is 44.8. The average molecular weight is 727 g/mol. The van der Waals surface area contributed by atoms with Crippen LogP contribution in [0.25, 0.3) is 0 Å². The van der Waals surface area contributed by atoms with Crippen LogP contribution in [0, 0.1) is 0 Å². The van der Waals surface area contributed by atoms with Crippen molar-refractivity contribution in [2.45, 2.75) is 96.7 Å². The van der Waals surface area contributed by atoms with E-state index in [4.69, 9.17) is 31.4 Å². The quantitative estimate of drug-likeness (QED) is 0.0864. The molecule has 1 aliphatic rings. The molecule has 3 amide bonds. The predicted octanol–water partition coefficient (Wildman–Crippen LogP) is 0.615. The largest absolute Gasteiger partial charge is 0.464 e. The van der Waals surface area contributed by atoms with Gasteiger partial charge in [0.2, 0.25) is 5.91 Å². The van der Waals surface area contributed by atoms with Crippen LogP contribution < -0.4 is 17.2 Å². The number of rotatable bonds is 0. The van der Waals surface area contributed by atoms with Crippen molar-refractivity contribution in [1.29, 1.82) is 0 Å². The average Bonchev–Trinajstić information content (AvgIpc) is 3.08. The van der Waals surface area contributed by atoms with Gasteiger partial charge in [0.25, 0.3) is 11.8 Å². The molecule has 288 valence electrons. The molecule has 0 aromatic rings. The molecule has 0 aromatic heterocycles. The van der Waals surface area contributed by atoms with E-state index in [9.17, 15) is 44.4 Å². The van der Waals surface area contributed by atoms with Gasteiger partial charge < -0.3 is 31.4 Å². The lowest BCUT2D eigenvalue weighted by Gasteiger charge is -2.17. The van der Waals surface area contributed by atoms with E-state index in [1.54, 1.807) is 26.8 Å². The minimum Gasteiger partial charge on any atom is -0.464 e. The summed E-state index contributed by atoms with van der Waals surface area (Å²) in [5.74, 6) is -4.22. The maximum Gasteiger partial charge on any atom is 0.322 e. The number of ether oxygens (including phenoxy) is 3. The molecule has 1 rings (SSSR count). The Morgan fingerprint density at radius 2 is 0.941 bits per heavy atom. The van der Waals surface area contributed by atoms with E-state index >= 15 is 0 Å². The van der Waals surface area contributed by atoms with Crippen molar-refractivity contribution in [1.82, 2.24) is 15.2 Å². The zero-order valence-corrected chi connectivity index (χ0v) is 29.7. The number of nitrogens with two attached hydrogens (primary N) is 3. The number of amides is 3. The number of nitrogens with zero attached hydrogens (tertiary/aromatic N) is 3. The summed E-state index contributed by atoms with van der Waals surface area (Å²) >= 11 is 0. The van der Waals surface area contributed by atoms with Crippen molar-refractivity contribution in [2.75, 3.05) is 39.5 Å². The molecule has 0 saturated carbocycles. The fraction of sp³-hybridized carbons (Fsp3) is 0.636. The third-order valence-electron chi connectivity index (χ3n) is 7.71. The summed E-state index contributed by atoms with van der Waals surface area (Å²) in [6.45, 7) is 4.28. The maximum atomic E-state index is 12.3. The Morgan fingerprint density at radius 3 is 1.35 bits per heavy atom. The van der Waals surface area contributed by atoms with Crippen LogP contribution >= 0.6 is 0 Å². The molecule has 18 heteroatoms. The van der Waals surface area contributed by atoms with Gasteiger partial charge in [0.05, 0.1) is 26.4 Å². The number of cyclic esters (lactones) is 3. The summed E-state index contributed by atoms with van der Waals surface area (Å²) in [5.41, 5.74) is 19.3. The first-order chi connectivity index (χ1) is 24.0. The van der Waals surface area contributed by atoms with E-state index in [1.807, 2.05) is 0 Å². The molecule has 0 spiro atoms. The Hall–Kier alpha value is -4.20. The monoisotopic (exact) mass is 726 g/mol. The Kier molecular flexibility index (Phi) is 21.2. The Morgan fingerprint density at radius 1 is 0.569 bits per heavy atom. The molecule has 1 aliphatic heterocycles. The van der Waals surface area contributed by atoms with Gasteiger partial charge in [-0.1, -0.05) is 22.8 Å². The van der Waals surface area contributed by atoms with Crippen LogP contribution in [0.1, 0.15) is 78.6 Å². The second-order valence-electron chi connectivity index (χ2n) is 12.3. The van der Waals surface area contributed by atoms with Crippen LogP contribution in [0.2, 0.25) is 0 Å². The van der Waals surface area contributed by atoms with Gasteiger partial charge in [0.15, 0.2) is 0 Å². The topological polar surface area (TPSA) is 279 Å². The zero-order chi connectivity index (χ0) is 38.5. The van der Waals surface area contributed by atoms with Crippen molar-refractivity contribution < 1.29 is 58.6 Å². The molecule has 0 fully saturated rings. The summed E-state index contributed by atoms with van der Waals surface area (Å²) < 4.78 is 15.5. The lowest BCUT2D eigenvalue weighted by Crippen LogP contribution is -2.37. The molecule has 1 heterocycles. The highest BCUT2D eigenvalue weighted by atomic mass is 16.5. The molecule has 0 saturated heterocycles.